The molecule has 8 nitrogen and oxygen atoms in total. The number of carbonyl (C=O) groups is 1. The van der Waals surface area contributed by atoms with Gasteiger partial charge in [-0.15, -0.1) is 16.9 Å². The van der Waals surface area contributed by atoms with Crippen molar-refractivity contribution in [3.8, 4) is 0 Å². The van der Waals surface area contributed by atoms with Crippen molar-refractivity contribution in [2.45, 2.75) is 10.3 Å². The first-order valence-corrected chi connectivity index (χ1v) is 8.86. The first kappa shape index (κ1) is 16.7. The second-order valence-electron chi connectivity index (χ2n) is 4.71. The van der Waals surface area contributed by atoms with Gasteiger partial charge in [0.15, 0.2) is 5.37 Å². The van der Waals surface area contributed by atoms with E-state index in [1.54, 1.807) is 14.1 Å². The van der Waals surface area contributed by atoms with Crippen LogP contribution in [0.25, 0.3) is 0 Å². The molecule has 1 heterocycles. The van der Waals surface area contributed by atoms with Crippen molar-refractivity contribution < 1.29 is 18.3 Å². The molecule has 0 amide bonds. The highest BCUT2D eigenvalue weighted by molar-refractivity contribution is 8.02. The molecule has 2 rings (SSSR count). The van der Waals surface area contributed by atoms with Gasteiger partial charge < -0.3 is 5.11 Å². The lowest BCUT2D eigenvalue weighted by atomic mass is 10.3. The Hall–Kier alpha value is -1.65. The second-order valence-corrected chi connectivity index (χ2v) is 7.79. The number of benzene rings is 1. The third kappa shape index (κ3) is 3.57. The van der Waals surface area contributed by atoms with Gasteiger partial charge in [0, 0.05) is 26.4 Å². The lowest BCUT2D eigenvalue weighted by molar-refractivity contribution is -0.138. The Morgan fingerprint density at radius 3 is 2.55 bits per heavy atom. The van der Waals surface area contributed by atoms with Crippen molar-refractivity contribution in [3.05, 3.63) is 24.3 Å². The number of hydrogen-bond acceptors (Lipinski definition) is 6. The van der Waals surface area contributed by atoms with Gasteiger partial charge in [-0.3, -0.25) is 5.01 Å². The van der Waals surface area contributed by atoms with Crippen molar-refractivity contribution in [3.63, 3.8) is 0 Å². The molecule has 10 heteroatoms. The van der Waals surface area contributed by atoms with Crippen LogP contribution in [0.5, 0.6) is 0 Å². The lowest BCUT2D eigenvalue weighted by Crippen LogP contribution is -2.39. The van der Waals surface area contributed by atoms with Crippen LogP contribution < -0.4 is 0 Å². The van der Waals surface area contributed by atoms with Gasteiger partial charge in [-0.25, -0.2) is 13.2 Å². The zero-order valence-corrected chi connectivity index (χ0v) is 13.7. The molecule has 120 valence electrons. The van der Waals surface area contributed by atoms with E-state index in [4.69, 9.17) is 5.11 Å². The largest absolute Gasteiger partial charge is 0.479 e. The van der Waals surface area contributed by atoms with E-state index in [9.17, 15) is 13.2 Å². The molecule has 0 unspecified atom stereocenters. The van der Waals surface area contributed by atoms with Crippen LogP contribution in [0.2, 0.25) is 0 Å². The predicted octanol–water partition coefficient (Wildman–Crippen LogP) is 1.40. The molecule has 1 aliphatic heterocycles. The zero-order valence-electron chi connectivity index (χ0n) is 12.1. The normalized spacial score (nSPS) is 19.6. The van der Waals surface area contributed by atoms with Crippen LogP contribution in [0.3, 0.4) is 0 Å². The van der Waals surface area contributed by atoms with Crippen LogP contribution in [0.15, 0.2) is 39.5 Å². The summed E-state index contributed by atoms with van der Waals surface area (Å²) < 4.78 is 26.0. The molecule has 0 saturated carbocycles. The van der Waals surface area contributed by atoms with Crippen LogP contribution in [0, 0.1) is 0 Å². The SMILES string of the molecule is CN(C)N=Nc1ccc(S(=O)(=O)N2CCS[C@@H]2C(=O)O)cc1. The highest BCUT2D eigenvalue weighted by Gasteiger charge is 2.40. The number of thioether (sulfide) groups is 1. The minimum absolute atomic E-state index is 0.0463. The molecule has 0 bridgehead atoms. The van der Waals surface area contributed by atoms with Crippen molar-refractivity contribution in [2.75, 3.05) is 26.4 Å². The summed E-state index contributed by atoms with van der Waals surface area (Å²) in [6.45, 7) is 0.187. The van der Waals surface area contributed by atoms with E-state index in [1.165, 1.54) is 29.3 Å². The van der Waals surface area contributed by atoms with Crippen LogP contribution >= 0.6 is 11.8 Å². The first-order chi connectivity index (χ1) is 10.3. The fourth-order valence-corrected chi connectivity index (χ4v) is 4.86. The molecular formula is C12H16N4O4S2. The van der Waals surface area contributed by atoms with E-state index in [0.29, 0.717) is 11.4 Å². The van der Waals surface area contributed by atoms with Gasteiger partial charge in [0.05, 0.1) is 10.6 Å². The Morgan fingerprint density at radius 2 is 2.00 bits per heavy atom. The molecule has 1 atom stereocenters. The predicted molar refractivity (Wildman–Crippen MR) is 82.4 cm³/mol. The van der Waals surface area contributed by atoms with Crippen LogP contribution in [0.1, 0.15) is 0 Å². The van der Waals surface area contributed by atoms with Crippen LogP contribution in [-0.4, -0.2) is 60.6 Å². The monoisotopic (exact) mass is 344 g/mol. The Morgan fingerprint density at radius 1 is 1.36 bits per heavy atom. The molecule has 0 radical (unpaired) electrons. The Kier molecular flexibility index (Phi) is 5.04. The number of sulfonamides is 1. The minimum Gasteiger partial charge on any atom is -0.479 e. The van der Waals surface area contributed by atoms with E-state index < -0.39 is 21.4 Å². The molecule has 0 aromatic heterocycles. The van der Waals surface area contributed by atoms with Gasteiger partial charge in [0.1, 0.15) is 0 Å². The molecule has 1 saturated heterocycles. The Balaban J connectivity index is 2.25. The fraction of sp³-hybridized carbons (Fsp3) is 0.417. The Labute approximate surface area is 132 Å². The molecule has 0 spiro atoms. The Bertz CT molecular complexity index is 673. The van der Waals surface area contributed by atoms with Crippen molar-refractivity contribution in [1.82, 2.24) is 9.31 Å². The molecule has 1 aromatic rings. The number of carboxylic acids is 1. The molecule has 22 heavy (non-hydrogen) atoms. The standard InChI is InChI=1S/C12H16N4O4S2/c1-15(2)14-13-9-3-5-10(6-4-9)22(19,20)16-7-8-21-11(16)12(17)18/h3-6,11H,7-8H2,1-2H3,(H,17,18)/t11-/m1/s1. The quantitative estimate of drug-likeness (QED) is 0.640. The molecule has 0 aliphatic carbocycles. The van der Waals surface area contributed by atoms with E-state index in [1.807, 2.05) is 0 Å². The fourth-order valence-electron chi connectivity index (χ4n) is 1.86. The molecular weight excluding hydrogens is 328 g/mol. The summed E-state index contributed by atoms with van der Waals surface area (Å²) in [5, 5.41) is 17.3. The van der Waals surface area contributed by atoms with E-state index in [-0.39, 0.29) is 11.4 Å². The molecule has 1 N–H and O–H groups in total. The van der Waals surface area contributed by atoms with Crippen LogP contribution in [-0.2, 0) is 14.8 Å². The van der Waals surface area contributed by atoms with Crippen molar-refractivity contribution in [1.29, 1.82) is 0 Å². The summed E-state index contributed by atoms with van der Waals surface area (Å²) in [6.07, 6.45) is 0. The molecule has 1 fully saturated rings. The first-order valence-electron chi connectivity index (χ1n) is 6.37. The highest BCUT2D eigenvalue weighted by atomic mass is 32.2. The molecule has 1 aromatic carbocycles. The maximum Gasteiger partial charge on any atom is 0.332 e. The van der Waals surface area contributed by atoms with Gasteiger partial charge in [-0.05, 0) is 24.3 Å². The summed E-state index contributed by atoms with van der Waals surface area (Å²) in [5.74, 6) is -0.687. The third-order valence-corrected chi connectivity index (χ3v) is 6.04. The summed E-state index contributed by atoms with van der Waals surface area (Å²) >= 11 is 1.10. The van der Waals surface area contributed by atoms with Gasteiger partial charge in [-0.2, -0.15) is 4.31 Å². The molecule has 1 aliphatic rings. The maximum absolute atomic E-state index is 12.5. The third-order valence-electron chi connectivity index (χ3n) is 2.84. The summed E-state index contributed by atoms with van der Waals surface area (Å²) in [6, 6.07) is 5.86. The van der Waals surface area contributed by atoms with Gasteiger partial charge in [0.25, 0.3) is 0 Å². The minimum atomic E-state index is -3.83. The topological polar surface area (TPSA) is 103 Å². The number of nitrogens with zero attached hydrogens (tertiary/aromatic N) is 4. The van der Waals surface area contributed by atoms with Gasteiger partial charge in [-0.1, -0.05) is 5.22 Å². The van der Waals surface area contributed by atoms with Gasteiger partial charge >= 0.3 is 5.97 Å². The number of rotatable bonds is 5. The number of aliphatic carboxylic acids is 1. The average Bonchev–Trinajstić information content (AvgIpc) is 2.96. The average molecular weight is 344 g/mol. The smallest absolute Gasteiger partial charge is 0.332 e. The van der Waals surface area contributed by atoms with Crippen LogP contribution in [0.4, 0.5) is 5.69 Å². The van der Waals surface area contributed by atoms with E-state index in [2.05, 4.69) is 10.3 Å². The summed E-state index contributed by atoms with van der Waals surface area (Å²) in [5.41, 5.74) is 0.512. The highest BCUT2D eigenvalue weighted by Crippen LogP contribution is 2.30. The van der Waals surface area contributed by atoms with Crippen molar-refractivity contribution >= 4 is 33.4 Å². The number of carboxylic acid groups (broad SMARTS) is 1. The zero-order chi connectivity index (χ0) is 16.3. The summed E-state index contributed by atoms with van der Waals surface area (Å²) in [4.78, 5) is 11.2. The lowest BCUT2D eigenvalue weighted by Gasteiger charge is -2.20. The maximum atomic E-state index is 12.5. The summed E-state index contributed by atoms with van der Waals surface area (Å²) in [7, 11) is -0.389. The van der Waals surface area contributed by atoms with Crippen molar-refractivity contribution in [2.24, 2.45) is 10.3 Å². The van der Waals surface area contributed by atoms with E-state index in [0.717, 1.165) is 16.1 Å². The second kappa shape index (κ2) is 6.63. The van der Waals surface area contributed by atoms with E-state index >= 15 is 0 Å². The van der Waals surface area contributed by atoms with Gasteiger partial charge in [0.2, 0.25) is 10.0 Å². The number of hydrogen-bond donors (Lipinski definition) is 1.